The number of carbonyl (C=O) groups is 2. The van der Waals surface area contributed by atoms with Crippen LogP contribution in [0, 0.1) is 0 Å². The number of carboxylic acids is 1. The van der Waals surface area contributed by atoms with Crippen LogP contribution in [0.15, 0.2) is 0 Å². The normalized spacial score (nSPS) is 29.4. The minimum atomic E-state index is -0.998. The minimum Gasteiger partial charge on any atom is -0.479 e. The zero-order valence-electron chi connectivity index (χ0n) is 12.4. The van der Waals surface area contributed by atoms with Crippen molar-refractivity contribution in [3.8, 4) is 0 Å². The van der Waals surface area contributed by atoms with Gasteiger partial charge in [-0.05, 0) is 32.1 Å². The highest BCUT2D eigenvalue weighted by molar-refractivity contribution is 5.88. The first-order chi connectivity index (χ1) is 9.43. The highest BCUT2D eigenvalue weighted by Crippen LogP contribution is 2.36. The van der Waals surface area contributed by atoms with Gasteiger partial charge in [0.1, 0.15) is 5.54 Å². The van der Waals surface area contributed by atoms with Crippen molar-refractivity contribution in [1.29, 1.82) is 0 Å². The monoisotopic (exact) mass is 282 g/mol. The second-order valence-corrected chi connectivity index (χ2v) is 6.44. The van der Waals surface area contributed by atoms with Crippen molar-refractivity contribution in [2.75, 3.05) is 6.54 Å². The number of likely N-dealkylation sites (tertiary alicyclic amines) is 1. The van der Waals surface area contributed by atoms with E-state index in [2.05, 4.69) is 0 Å². The Morgan fingerprint density at radius 2 is 1.80 bits per heavy atom. The number of nitrogens with zero attached hydrogens (tertiary/aromatic N) is 1. The zero-order valence-corrected chi connectivity index (χ0v) is 12.4. The lowest BCUT2D eigenvalue weighted by Crippen LogP contribution is -2.55. The summed E-state index contributed by atoms with van der Waals surface area (Å²) < 4.78 is 0. The second kappa shape index (κ2) is 5.72. The smallest absolute Gasteiger partial charge is 0.329 e. The van der Waals surface area contributed by atoms with Crippen molar-refractivity contribution >= 4 is 11.9 Å². The lowest BCUT2D eigenvalue weighted by atomic mass is 9.79. The fraction of sp³-hybridized carbons (Fsp3) is 0.867. The van der Waals surface area contributed by atoms with E-state index >= 15 is 0 Å². The van der Waals surface area contributed by atoms with Gasteiger partial charge in [0, 0.05) is 18.5 Å². The van der Waals surface area contributed by atoms with Gasteiger partial charge in [-0.3, -0.25) is 4.79 Å². The molecule has 1 saturated heterocycles. The summed E-state index contributed by atoms with van der Waals surface area (Å²) in [4.78, 5) is 25.8. The highest BCUT2D eigenvalue weighted by Gasteiger charge is 2.49. The first-order valence-corrected chi connectivity index (χ1v) is 7.76. The number of hydrogen-bond acceptors (Lipinski definition) is 3. The molecule has 1 unspecified atom stereocenters. The van der Waals surface area contributed by atoms with E-state index in [1.807, 2.05) is 6.92 Å². The number of amides is 1. The van der Waals surface area contributed by atoms with Crippen LogP contribution in [-0.4, -0.2) is 39.5 Å². The Bertz CT molecular complexity index is 391. The number of rotatable bonds is 4. The molecule has 1 amide bonds. The Labute approximate surface area is 120 Å². The van der Waals surface area contributed by atoms with Gasteiger partial charge in [0.15, 0.2) is 0 Å². The van der Waals surface area contributed by atoms with Crippen LogP contribution >= 0.6 is 0 Å². The molecule has 2 rings (SSSR count). The van der Waals surface area contributed by atoms with Crippen LogP contribution in [0.5, 0.6) is 0 Å². The molecule has 2 aliphatic rings. The maximum absolute atomic E-state index is 12.6. The highest BCUT2D eigenvalue weighted by atomic mass is 16.4. The third-order valence-corrected chi connectivity index (χ3v) is 5.13. The summed E-state index contributed by atoms with van der Waals surface area (Å²) >= 11 is 0. The summed E-state index contributed by atoms with van der Waals surface area (Å²) in [5, 5.41) is 9.53. The fourth-order valence-corrected chi connectivity index (χ4v) is 3.81. The molecule has 0 spiro atoms. The maximum atomic E-state index is 12.6. The Morgan fingerprint density at radius 1 is 1.15 bits per heavy atom. The first-order valence-electron chi connectivity index (χ1n) is 7.76. The van der Waals surface area contributed by atoms with Gasteiger partial charge in [-0.25, -0.2) is 4.79 Å². The van der Waals surface area contributed by atoms with Gasteiger partial charge >= 0.3 is 5.97 Å². The predicted molar refractivity (Wildman–Crippen MR) is 76.2 cm³/mol. The van der Waals surface area contributed by atoms with Crippen LogP contribution in [0.3, 0.4) is 0 Å². The van der Waals surface area contributed by atoms with E-state index in [-0.39, 0.29) is 5.91 Å². The molecule has 1 heterocycles. The molecule has 0 radical (unpaired) electrons. The molecule has 20 heavy (non-hydrogen) atoms. The number of hydrogen-bond donors (Lipinski definition) is 2. The van der Waals surface area contributed by atoms with E-state index in [0.29, 0.717) is 25.8 Å². The van der Waals surface area contributed by atoms with Crippen molar-refractivity contribution in [2.45, 2.75) is 75.8 Å². The van der Waals surface area contributed by atoms with Crippen LogP contribution in [0.2, 0.25) is 0 Å². The van der Waals surface area contributed by atoms with Gasteiger partial charge in [-0.2, -0.15) is 0 Å². The Hall–Kier alpha value is -1.10. The van der Waals surface area contributed by atoms with Gasteiger partial charge in [-0.1, -0.05) is 26.2 Å². The summed E-state index contributed by atoms with van der Waals surface area (Å²) in [5.41, 5.74) is 4.92. The van der Waals surface area contributed by atoms with Gasteiger partial charge in [0.25, 0.3) is 0 Å². The average Bonchev–Trinajstić information content (AvgIpc) is 2.84. The van der Waals surface area contributed by atoms with Gasteiger partial charge in [0.05, 0.1) is 0 Å². The van der Waals surface area contributed by atoms with E-state index in [9.17, 15) is 14.7 Å². The number of carboxylic acid groups (broad SMARTS) is 1. The molecule has 2 fully saturated rings. The molecule has 0 bridgehead atoms. The molecule has 5 nitrogen and oxygen atoms in total. The van der Waals surface area contributed by atoms with E-state index in [1.54, 1.807) is 4.90 Å². The van der Waals surface area contributed by atoms with E-state index < -0.39 is 17.0 Å². The summed E-state index contributed by atoms with van der Waals surface area (Å²) in [5.74, 6) is -0.947. The molecule has 0 aromatic heterocycles. The van der Waals surface area contributed by atoms with E-state index in [0.717, 1.165) is 32.1 Å². The summed E-state index contributed by atoms with van der Waals surface area (Å²) in [6, 6.07) is 0. The number of carbonyl (C=O) groups excluding carboxylic acids is 1. The Morgan fingerprint density at radius 3 is 2.35 bits per heavy atom. The molecule has 114 valence electrons. The van der Waals surface area contributed by atoms with Crippen LogP contribution in [0.4, 0.5) is 0 Å². The number of nitrogens with two attached hydrogens (primary N) is 1. The largest absolute Gasteiger partial charge is 0.479 e. The lowest BCUT2D eigenvalue weighted by Gasteiger charge is -2.38. The molecule has 5 heteroatoms. The lowest BCUT2D eigenvalue weighted by molar-refractivity contribution is -0.157. The predicted octanol–water partition coefficient (Wildman–Crippen LogP) is 1.89. The van der Waals surface area contributed by atoms with Gasteiger partial charge in [-0.15, -0.1) is 0 Å². The molecule has 0 aromatic rings. The van der Waals surface area contributed by atoms with Crippen molar-refractivity contribution in [1.82, 2.24) is 4.90 Å². The van der Waals surface area contributed by atoms with Gasteiger partial charge in [0.2, 0.25) is 5.91 Å². The second-order valence-electron chi connectivity index (χ2n) is 6.44. The summed E-state index contributed by atoms with van der Waals surface area (Å²) in [7, 11) is 0. The third kappa shape index (κ3) is 2.68. The van der Waals surface area contributed by atoms with Crippen LogP contribution in [-0.2, 0) is 9.59 Å². The van der Waals surface area contributed by atoms with Crippen molar-refractivity contribution in [3.63, 3.8) is 0 Å². The minimum absolute atomic E-state index is 0.0730. The fourth-order valence-electron chi connectivity index (χ4n) is 3.81. The quantitative estimate of drug-likeness (QED) is 0.824. The molecular weight excluding hydrogens is 256 g/mol. The van der Waals surface area contributed by atoms with E-state index in [1.165, 1.54) is 6.42 Å². The molecular formula is C15H26N2O3. The van der Waals surface area contributed by atoms with Crippen molar-refractivity contribution < 1.29 is 14.7 Å². The molecule has 0 aromatic carbocycles. The topological polar surface area (TPSA) is 83.6 Å². The number of aliphatic carboxylic acids is 1. The van der Waals surface area contributed by atoms with Gasteiger partial charge < -0.3 is 15.7 Å². The van der Waals surface area contributed by atoms with Crippen LogP contribution < -0.4 is 5.73 Å². The zero-order chi connectivity index (χ0) is 14.8. The van der Waals surface area contributed by atoms with Crippen LogP contribution in [0.25, 0.3) is 0 Å². The maximum Gasteiger partial charge on any atom is 0.329 e. The SMILES string of the molecule is CCC1(C(=O)O)CCCN1C(=O)CC1(N)CCCCC1. The summed E-state index contributed by atoms with van der Waals surface area (Å²) in [6.07, 6.45) is 7.16. The molecule has 3 N–H and O–H groups in total. The van der Waals surface area contributed by atoms with E-state index in [4.69, 9.17) is 5.73 Å². The Kier molecular flexibility index (Phi) is 4.37. The van der Waals surface area contributed by atoms with Crippen LogP contribution in [0.1, 0.15) is 64.7 Å². The summed E-state index contributed by atoms with van der Waals surface area (Å²) in [6.45, 7) is 2.40. The standard InChI is InChI=1S/C15H26N2O3/c1-2-15(13(19)20)9-6-10-17(15)12(18)11-14(16)7-4-3-5-8-14/h2-11,16H2,1H3,(H,19,20). The third-order valence-electron chi connectivity index (χ3n) is 5.13. The van der Waals surface area contributed by atoms with Crippen molar-refractivity contribution in [3.05, 3.63) is 0 Å². The molecule has 1 aliphatic carbocycles. The average molecular weight is 282 g/mol. The molecule has 1 aliphatic heterocycles. The molecule has 1 atom stereocenters. The van der Waals surface area contributed by atoms with Crippen molar-refractivity contribution in [2.24, 2.45) is 5.73 Å². The Balaban J connectivity index is 2.09. The first kappa shape index (κ1) is 15.3. The molecule has 1 saturated carbocycles.